The Kier molecular flexibility index (Phi) is 4.45. The Morgan fingerprint density at radius 1 is 1.25 bits per heavy atom. The van der Waals surface area contributed by atoms with Gasteiger partial charge < -0.3 is 5.32 Å². The van der Waals surface area contributed by atoms with Gasteiger partial charge in [0.2, 0.25) is 5.91 Å². The van der Waals surface area contributed by atoms with Crippen molar-refractivity contribution in [1.29, 1.82) is 0 Å². The summed E-state index contributed by atoms with van der Waals surface area (Å²) in [4.78, 5) is 14.7. The number of carbonyl (C=O) groups excluding carboxylic acids is 1. The van der Waals surface area contributed by atoms with Gasteiger partial charge in [-0.15, -0.1) is 0 Å². The van der Waals surface area contributed by atoms with Crippen LogP contribution in [0.15, 0.2) is 30.3 Å². The molecule has 2 heterocycles. The van der Waals surface area contributed by atoms with E-state index >= 15 is 0 Å². The number of amides is 1. The lowest BCUT2D eigenvalue weighted by Gasteiger charge is -2.28. The van der Waals surface area contributed by atoms with Crippen molar-refractivity contribution in [2.75, 3.05) is 18.4 Å². The van der Waals surface area contributed by atoms with Gasteiger partial charge in [0.1, 0.15) is 5.82 Å². The number of hydrogen-bond donors (Lipinski definition) is 1. The third kappa shape index (κ3) is 3.67. The molecule has 1 N–H and O–H groups in total. The van der Waals surface area contributed by atoms with Crippen LogP contribution in [0.1, 0.15) is 37.6 Å². The zero-order valence-electron chi connectivity index (χ0n) is 15.0. The van der Waals surface area contributed by atoms with E-state index in [1.165, 1.54) is 11.1 Å². The van der Waals surface area contributed by atoms with E-state index in [0.29, 0.717) is 6.54 Å². The lowest BCUT2D eigenvalue weighted by molar-refractivity contribution is -0.117. The minimum absolute atomic E-state index is 0.0137. The lowest BCUT2D eigenvalue weighted by atomic mass is 10.00. The first kappa shape index (κ1) is 16.7. The summed E-state index contributed by atoms with van der Waals surface area (Å²) < 4.78 is 1.88. The van der Waals surface area contributed by atoms with E-state index in [0.717, 1.165) is 31.0 Å². The third-order valence-electron chi connectivity index (χ3n) is 4.31. The number of nitrogens with one attached hydrogen (secondary N) is 1. The molecule has 24 heavy (non-hydrogen) atoms. The fourth-order valence-corrected chi connectivity index (χ4v) is 3.17. The van der Waals surface area contributed by atoms with Gasteiger partial charge in [0.25, 0.3) is 0 Å². The maximum Gasteiger partial charge on any atom is 0.239 e. The molecule has 0 fully saturated rings. The number of rotatable bonds is 3. The molecule has 2 aromatic rings. The smallest absolute Gasteiger partial charge is 0.239 e. The van der Waals surface area contributed by atoms with Gasteiger partial charge in [-0.05, 0) is 45.2 Å². The van der Waals surface area contributed by atoms with E-state index in [4.69, 9.17) is 0 Å². The van der Waals surface area contributed by atoms with E-state index in [-0.39, 0.29) is 11.4 Å². The SMILES string of the molecule is Cc1cc(NC(=O)CN2CCc3ccccc3C2)n(C(C)(C)C)n1. The van der Waals surface area contributed by atoms with Crippen molar-refractivity contribution in [2.24, 2.45) is 0 Å². The summed E-state index contributed by atoms with van der Waals surface area (Å²) in [6.45, 7) is 10.3. The van der Waals surface area contributed by atoms with Crippen molar-refractivity contribution in [1.82, 2.24) is 14.7 Å². The summed E-state index contributed by atoms with van der Waals surface area (Å²) in [5, 5.41) is 7.53. The fraction of sp³-hybridized carbons (Fsp3) is 0.474. The van der Waals surface area contributed by atoms with E-state index in [1.54, 1.807) is 0 Å². The maximum atomic E-state index is 12.5. The third-order valence-corrected chi connectivity index (χ3v) is 4.31. The zero-order chi connectivity index (χ0) is 17.3. The molecule has 0 saturated heterocycles. The highest BCUT2D eigenvalue weighted by atomic mass is 16.2. The van der Waals surface area contributed by atoms with Gasteiger partial charge in [-0.25, -0.2) is 4.68 Å². The molecule has 0 saturated carbocycles. The standard InChI is InChI=1S/C19H26N4O/c1-14-11-17(23(21-14)19(2,3)4)20-18(24)13-22-10-9-15-7-5-6-8-16(15)12-22/h5-8,11H,9-10,12-13H2,1-4H3,(H,20,24). The summed E-state index contributed by atoms with van der Waals surface area (Å²) >= 11 is 0. The van der Waals surface area contributed by atoms with Gasteiger partial charge >= 0.3 is 0 Å². The first-order chi connectivity index (χ1) is 11.3. The molecule has 3 rings (SSSR count). The number of benzene rings is 1. The largest absolute Gasteiger partial charge is 0.310 e. The van der Waals surface area contributed by atoms with Gasteiger partial charge in [-0.3, -0.25) is 9.69 Å². The van der Waals surface area contributed by atoms with E-state index < -0.39 is 0 Å². The van der Waals surface area contributed by atoms with Crippen molar-refractivity contribution < 1.29 is 4.79 Å². The molecule has 128 valence electrons. The van der Waals surface area contributed by atoms with Gasteiger partial charge in [0.15, 0.2) is 0 Å². The summed E-state index contributed by atoms with van der Waals surface area (Å²) in [6.07, 6.45) is 1.00. The first-order valence-electron chi connectivity index (χ1n) is 8.49. The van der Waals surface area contributed by atoms with Crippen LogP contribution in [0, 0.1) is 6.92 Å². The second-order valence-electron chi connectivity index (χ2n) is 7.53. The minimum Gasteiger partial charge on any atom is -0.310 e. The second kappa shape index (κ2) is 6.40. The summed E-state index contributed by atoms with van der Waals surface area (Å²) in [5.41, 5.74) is 3.47. The van der Waals surface area contributed by atoms with Crippen molar-refractivity contribution in [2.45, 2.75) is 46.2 Å². The molecule has 5 nitrogen and oxygen atoms in total. The Balaban J connectivity index is 1.65. The summed E-state index contributed by atoms with van der Waals surface area (Å²) in [6, 6.07) is 10.4. The molecule has 1 aromatic carbocycles. The van der Waals surface area contributed by atoms with Crippen LogP contribution in [-0.4, -0.2) is 33.7 Å². The number of aryl methyl sites for hydroxylation is 1. The zero-order valence-corrected chi connectivity index (χ0v) is 15.0. The molecule has 0 radical (unpaired) electrons. The van der Waals surface area contributed by atoms with Crippen LogP contribution in [-0.2, 0) is 23.3 Å². The number of hydrogen-bond acceptors (Lipinski definition) is 3. The highest BCUT2D eigenvalue weighted by molar-refractivity contribution is 5.91. The first-order valence-corrected chi connectivity index (χ1v) is 8.49. The summed E-state index contributed by atoms with van der Waals surface area (Å²) in [5.74, 6) is 0.780. The van der Waals surface area contributed by atoms with Crippen LogP contribution in [0.3, 0.4) is 0 Å². The molecule has 1 aliphatic heterocycles. The van der Waals surface area contributed by atoms with E-state index in [9.17, 15) is 4.79 Å². The normalized spacial score (nSPS) is 15.2. The Morgan fingerprint density at radius 2 is 1.96 bits per heavy atom. The van der Waals surface area contributed by atoms with Crippen molar-refractivity contribution in [3.8, 4) is 0 Å². The molecule has 1 aromatic heterocycles. The quantitative estimate of drug-likeness (QED) is 0.943. The van der Waals surface area contributed by atoms with Crippen LogP contribution in [0.5, 0.6) is 0 Å². The minimum atomic E-state index is -0.166. The predicted octanol–water partition coefficient (Wildman–Crippen LogP) is 2.94. The number of fused-ring (bicyclic) bond motifs is 1. The van der Waals surface area contributed by atoms with Crippen LogP contribution >= 0.6 is 0 Å². The average Bonchev–Trinajstić information content (AvgIpc) is 2.87. The molecule has 0 unspecified atom stereocenters. The topological polar surface area (TPSA) is 50.2 Å². The molecule has 0 spiro atoms. The van der Waals surface area contributed by atoms with Gasteiger partial charge in [-0.2, -0.15) is 5.10 Å². The molecule has 0 bridgehead atoms. The molecule has 1 amide bonds. The molecule has 0 aliphatic carbocycles. The van der Waals surface area contributed by atoms with Gasteiger partial charge in [-0.1, -0.05) is 24.3 Å². The number of carbonyl (C=O) groups is 1. The Hall–Kier alpha value is -2.14. The Labute approximate surface area is 143 Å². The Morgan fingerprint density at radius 3 is 2.67 bits per heavy atom. The second-order valence-corrected chi connectivity index (χ2v) is 7.53. The number of anilines is 1. The van der Waals surface area contributed by atoms with Crippen molar-refractivity contribution >= 4 is 11.7 Å². The van der Waals surface area contributed by atoms with Crippen molar-refractivity contribution in [3.05, 3.63) is 47.2 Å². The van der Waals surface area contributed by atoms with Crippen LogP contribution in [0.4, 0.5) is 5.82 Å². The highest BCUT2D eigenvalue weighted by Gasteiger charge is 2.22. The van der Waals surface area contributed by atoms with E-state index in [2.05, 4.69) is 60.4 Å². The number of aromatic nitrogens is 2. The predicted molar refractivity (Wildman–Crippen MR) is 96.0 cm³/mol. The van der Waals surface area contributed by atoms with Gasteiger partial charge in [0.05, 0.1) is 17.8 Å². The molecule has 5 heteroatoms. The molecular weight excluding hydrogens is 300 g/mol. The van der Waals surface area contributed by atoms with Crippen molar-refractivity contribution in [3.63, 3.8) is 0 Å². The monoisotopic (exact) mass is 326 g/mol. The van der Waals surface area contributed by atoms with Crippen LogP contribution in [0.25, 0.3) is 0 Å². The molecular formula is C19H26N4O. The average molecular weight is 326 g/mol. The number of nitrogens with zero attached hydrogens (tertiary/aromatic N) is 3. The summed E-state index contributed by atoms with van der Waals surface area (Å²) in [7, 11) is 0. The lowest BCUT2D eigenvalue weighted by Crippen LogP contribution is -2.37. The Bertz CT molecular complexity index is 742. The van der Waals surface area contributed by atoms with Gasteiger partial charge in [0, 0.05) is 19.2 Å². The maximum absolute atomic E-state index is 12.5. The van der Waals surface area contributed by atoms with Crippen LogP contribution in [0.2, 0.25) is 0 Å². The fourth-order valence-electron chi connectivity index (χ4n) is 3.17. The van der Waals surface area contributed by atoms with E-state index in [1.807, 2.05) is 17.7 Å². The van der Waals surface area contributed by atoms with Crippen LogP contribution < -0.4 is 5.32 Å². The molecule has 1 aliphatic rings. The highest BCUT2D eigenvalue weighted by Crippen LogP contribution is 2.22. The molecule has 0 atom stereocenters.